The zero-order chi connectivity index (χ0) is 12.0. The lowest BCUT2D eigenvalue weighted by Gasteiger charge is -2.08. The Bertz CT molecular complexity index is 370. The van der Waals surface area contributed by atoms with Gasteiger partial charge in [-0.2, -0.15) is 0 Å². The number of rotatable bonds is 6. The third-order valence-corrected chi connectivity index (χ3v) is 2.67. The molecule has 6 heteroatoms. The third kappa shape index (κ3) is 4.57. The van der Waals surface area contributed by atoms with E-state index in [2.05, 4.69) is 20.6 Å². The van der Waals surface area contributed by atoms with Crippen molar-refractivity contribution in [1.29, 1.82) is 0 Å². The fourth-order valence-corrected chi connectivity index (χ4v) is 1.64. The molecule has 5 nitrogen and oxygen atoms in total. The van der Waals surface area contributed by atoms with E-state index in [1.165, 1.54) is 0 Å². The maximum absolute atomic E-state index is 10.9. The van der Waals surface area contributed by atoms with Crippen LogP contribution in [0.1, 0.15) is 12.7 Å². The second kappa shape index (κ2) is 6.42. The van der Waals surface area contributed by atoms with Gasteiger partial charge in [0.05, 0.1) is 0 Å². The van der Waals surface area contributed by atoms with Crippen molar-refractivity contribution in [2.75, 3.05) is 35.7 Å². The van der Waals surface area contributed by atoms with Gasteiger partial charge in [-0.25, -0.2) is 9.97 Å². The Morgan fingerprint density at radius 2 is 1.94 bits per heavy atom. The van der Waals surface area contributed by atoms with Crippen molar-refractivity contribution >= 4 is 22.4 Å². The summed E-state index contributed by atoms with van der Waals surface area (Å²) in [5.41, 5.74) is 0. The molecule has 1 rings (SSSR count). The van der Waals surface area contributed by atoms with E-state index < -0.39 is 10.8 Å². The van der Waals surface area contributed by atoms with Gasteiger partial charge in [-0.3, -0.25) is 4.21 Å². The largest absolute Gasteiger partial charge is 0.370 e. The molecule has 0 aromatic carbocycles. The summed E-state index contributed by atoms with van der Waals surface area (Å²) < 4.78 is 10.9. The number of aromatic nitrogens is 2. The molecule has 0 aliphatic rings. The molecule has 0 saturated heterocycles. The van der Waals surface area contributed by atoms with E-state index in [-0.39, 0.29) is 0 Å². The van der Waals surface area contributed by atoms with Crippen LogP contribution >= 0.6 is 0 Å². The molecule has 1 unspecified atom stereocenters. The predicted molar refractivity (Wildman–Crippen MR) is 68.4 cm³/mol. The van der Waals surface area contributed by atoms with Gasteiger partial charge < -0.3 is 10.6 Å². The van der Waals surface area contributed by atoms with Crippen molar-refractivity contribution in [2.45, 2.75) is 13.8 Å². The number of anilines is 2. The molecule has 0 fully saturated rings. The Labute approximate surface area is 98.5 Å². The lowest BCUT2D eigenvalue weighted by molar-refractivity contribution is 0.687. The number of hydrogen-bond acceptors (Lipinski definition) is 5. The first-order valence-electron chi connectivity index (χ1n) is 5.25. The average Bonchev–Trinajstić information content (AvgIpc) is 2.16. The summed E-state index contributed by atoms with van der Waals surface area (Å²) in [6.07, 6.45) is 1.69. The van der Waals surface area contributed by atoms with Crippen LogP contribution in [0.4, 0.5) is 11.6 Å². The highest BCUT2D eigenvalue weighted by Crippen LogP contribution is 2.10. The van der Waals surface area contributed by atoms with Crippen LogP contribution in [0, 0.1) is 6.92 Å². The fraction of sp³-hybridized carbons (Fsp3) is 0.600. The molecule has 90 valence electrons. The van der Waals surface area contributed by atoms with Gasteiger partial charge in [-0.1, -0.05) is 0 Å². The van der Waals surface area contributed by atoms with Gasteiger partial charge >= 0.3 is 0 Å². The number of nitrogens with zero attached hydrogens (tertiary/aromatic N) is 2. The summed E-state index contributed by atoms with van der Waals surface area (Å²) in [5.74, 6) is 2.93. The minimum Gasteiger partial charge on any atom is -0.370 e. The monoisotopic (exact) mass is 242 g/mol. The van der Waals surface area contributed by atoms with Crippen molar-refractivity contribution in [2.24, 2.45) is 0 Å². The Morgan fingerprint density at radius 3 is 2.50 bits per heavy atom. The smallest absolute Gasteiger partial charge is 0.131 e. The van der Waals surface area contributed by atoms with Crippen molar-refractivity contribution in [3.05, 3.63) is 11.9 Å². The van der Waals surface area contributed by atoms with Crippen LogP contribution in [-0.4, -0.2) is 39.3 Å². The molecule has 2 N–H and O–H groups in total. The first kappa shape index (κ1) is 12.9. The molecule has 0 aliphatic heterocycles. The van der Waals surface area contributed by atoms with E-state index in [4.69, 9.17) is 0 Å². The van der Waals surface area contributed by atoms with Crippen molar-refractivity contribution in [3.63, 3.8) is 0 Å². The Morgan fingerprint density at radius 1 is 1.31 bits per heavy atom. The number of aryl methyl sites for hydroxylation is 1. The minimum absolute atomic E-state index is 0.625. The topological polar surface area (TPSA) is 66.9 Å². The van der Waals surface area contributed by atoms with Crippen LogP contribution in [0.15, 0.2) is 6.07 Å². The van der Waals surface area contributed by atoms with E-state index in [9.17, 15) is 4.21 Å². The van der Waals surface area contributed by atoms with Crippen LogP contribution in [0.2, 0.25) is 0 Å². The first-order chi connectivity index (χ1) is 7.61. The quantitative estimate of drug-likeness (QED) is 0.779. The molecular formula is C10H18N4OS. The van der Waals surface area contributed by atoms with Crippen molar-refractivity contribution in [1.82, 2.24) is 9.97 Å². The first-order valence-corrected chi connectivity index (χ1v) is 6.98. The molecule has 0 spiro atoms. The molecule has 0 amide bonds. The summed E-state index contributed by atoms with van der Waals surface area (Å²) in [5, 5.41) is 6.27. The lowest BCUT2D eigenvalue weighted by atomic mass is 10.4. The van der Waals surface area contributed by atoms with Gasteiger partial charge in [0.15, 0.2) is 0 Å². The maximum atomic E-state index is 10.9. The van der Waals surface area contributed by atoms with E-state index in [0.717, 1.165) is 24.0 Å². The van der Waals surface area contributed by atoms with Crippen LogP contribution in [0.3, 0.4) is 0 Å². The zero-order valence-corrected chi connectivity index (χ0v) is 10.7. The fourth-order valence-electron chi connectivity index (χ4n) is 1.25. The van der Waals surface area contributed by atoms with Crippen molar-refractivity contribution in [3.8, 4) is 0 Å². The molecule has 16 heavy (non-hydrogen) atoms. The Hall–Kier alpha value is -1.17. The van der Waals surface area contributed by atoms with Gasteiger partial charge in [0.1, 0.15) is 17.5 Å². The van der Waals surface area contributed by atoms with E-state index in [1.807, 2.05) is 19.9 Å². The molecule has 0 radical (unpaired) electrons. The SMILES string of the molecule is CCNc1cc(NCCS(C)=O)nc(C)n1. The van der Waals surface area contributed by atoms with E-state index >= 15 is 0 Å². The molecule has 0 bridgehead atoms. The van der Waals surface area contributed by atoms with Gasteiger partial charge in [-0.05, 0) is 13.8 Å². The molecule has 0 saturated carbocycles. The van der Waals surface area contributed by atoms with E-state index in [1.54, 1.807) is 6.26 Å². The van der Waals surface area contributed by atoms with Gasteiger partial charge in [-0.15, -0.1) is 0 Å². The average molecular weight is 242 g/mol. The highest BCUT2D eigenvalue weighted by atomic mass is 32.2. The third-order valence-electron chi connectivity index (χ3n) is 1.89. The van der Waals surface area contributed by atoms with Crippen molar-refractivity contribution < 1.29 is 4.21 Å². The predicted octanol–water partition coefficient (Wildman–Crippen LogP) is 1.01. The van der Waals surface area contributed by atoms with Crippen LogP contribution in [0.5, 0.6) is 0 Å². The minimum atomic E-state index is -0.775. The highest BCUT2D eigenvalue weighted by Gasteiger charge is 2.00. The van der Waals surface area contributed by atoms with E-state index in [0.29, 0.717) is 12.3 Å². The molecule has 1 heterocycles. The summed E-state index contributed by atoms with van der Waals surface area (Å²) in [6, 6.07) is 1.86. The maximum Gasteiger partial charge on any atom is 0.131 e. The molecule has 1 atom stereocenters. The van der Waals surface area contributed by atoms with Gasteiger partial charge in [0.2, 0.25) is 0 Å². The van der Waals surface area contributed by atoms with Crippen LogP contribution in [0.25, 0.3) is 0 Å². The molecule has 0 aliphatic carbocycles. The Kier molecular flexibility index (Phi) is 5.18. The second-order valence-electron chi connectivity index (χ2n) is 3.42. The van der Waals surface area contributed by atoms with Crippen LogP contribution in [-0.2, 0) is 10.8 Å². The number of nitrogens with one attached hydrogen (secondary N) is 2. The molecular weight excluding hydrogens is 224 g/mol. The normalized spacial score (nSPS) is 12.2. The van der Waals surface area contributed by atoms with Crippen LogP contribution < -0.4 is 10.6 Å². The standard InChI is InChI=1S/C10H18N4OS/c1-4-11-9-7-10(14-8(2)13-9)12-5-6-16(3)15/h7H,4-6H2,1-3H3,(H2,11,12,13,14). The lowest BCUT2D eigenvalue weighted by Crippen LogP contribution is -2.12. The summed E-state index contributed by atoms with van der Waals surface area (Å²) in [4.78, 5) is 8.50. The zero-order valence-electron chi connectivity index (χ0n) is 9.91. The second-order valence-corrected chi connectivity index (χ2v) is 4.97. The van der Waals surface area contributed by atoms with Gasteiger partial charge in [0, 0.05) is 42.0 Å². The molecule has 1 aromatic heterocycles. The highest BCUT2D eigenvalue weighted by molar-refractivity contribution is 7.84. The molecule has 1 aromatic rings. The summed E-state index contributed by atoms with van der Waals surface area (Å²) >= 11 is 0. The Balaban J connectivity index is 2.61. The van der Waals surface area contributed by atoms with Gasteiger partial charge in [0.25, 0.3) is 0 Å². The summed E-state index contributed by atoms with van der Waals surface area (Å²) in [6.45, 7) is 5.36. The number of hydrogen-bond donors (Lipinski definition) is 2. The summed E-state index contributed by atoms with van der Waals surface area (Å²) in [7, 11) is -0.775.